The van der Waals surface area contributed by atoms with E-state index in [1.807, 2.05) is 36.1 Å². The summed E-state index contributed by atoms with van der Waals surface area (Å²) in [4.78, 5) is 25.0. The number of hydrogen-bond acceptors (Lipinski definition) is 5. The first-order chi connectivity index (χ1) is 11.1. The van der Waals surface area contributed by atoms with Gasteiger partial charge in [0.15, 0.2) is 0 Å². The summed E-state index contributed by atoms with van der Waals surface area (Å²) in [6.45, 7) is 3.33. The predicted molar refractivity (Wildman–Crippen MR) is 91.5 cm³/mol. The van der Waals surface area contributed by atoms with E-state index in [0.717, 1.165) is 27.8 Å². The monoisotopic (exact) mass is 324 g/mol. The number of amides is 1. The summed E-state index contributed by atoms with van der Waals surface area (Å²) in [5.74, 6) is 0.609. The van der Waals surface area contributed by atoms with Crippen LogP contribution >= 0.6 is 11.3 Å². The van der Waals surface area contributed by atoms with Crippen molar-refractivity contribution in [2.75, 3.05) is 12.3 Å². The van der Waals surface area contributed by atoms with E-state index in [9.17, 15) is 4.79 Å². The Hall–Kier alpha value is -2.47. The van der Waals surface area contributed by atoms with Gasteiger partial charge >= 0.3 is 0 Å². The maximum atomic E-state index is 12.7. The molecule has 1 aromatic carbocycles. The van der Waals surface area contributed by atoms with Crippen LogP contribution in [0.3, 0.4) is 0 Å². The topological polar surface area (TPSA) is 72.1 Å². The molecule has 0 unspecified atom stereocenters. The van der Waals surface area contributed by atoms with Crippen LogP contribution in [0.4, 0.5) is 5.82 Å². The molecule has 3 heterocycles. The van der Waals surface area contributed by atoms with E-state index < -0.39 is 0 Å². The minimum absolute atomic E-state index is 0.0761. The molecule has 0 bridgehead atoms. The van der Waals surface area contributed by atoms with Gasteiger partial charge in [-0.25, -0.2) is 9.97 Å². The Kier molecular flexibility index (Phi) is 3.27. The average molecular weight is 324 g/mol. The van der Waals surface area contributed by atoms with Crippen LogP contribution in [0.1, 0.15) is 26.4 Å². The number of carbonyl (C=O) groups excluding carboxylic acids is 1. The SMILES string of the molecule is Cc1ccc(C(=O)N2CCc3c(sc4ncnc(N)c34)C2)cc1. The number of nitrogen functional groups attached to an aromatic ring is 1. The molecule has 0 fully saturated rings. The van der Waals surface area contributed by atoms with Crippen LogP contribution in [0.15, 0.2) is 30.6 Å². The zero-order valence-electron chi connectivity index (χ0n) is 12.7. The molecule has 0 spiro atoms. The second kappa shape index (κ2) is 5.31. The number of anilines is 1. The van der Waals surface area contributed by atoms with Crippen molar-refractivity contribution in [3.8, 4) is 0 Å². The molecule has 3 aromatic rings. The molecular weight excluding hydrogens is 308 g/mol. The highest BCUT2D eigenvalue weighted by Gasteiger charge is 2.26. The molecule has 0 radical (unpaired) electrons. The molecule has 1 amide bonds. The highest BCUT2D eigenvalue weighted by molar-refractivity contribution is 7.19. The number of aromatic nitrogens is 2. The van der Waals surface area contributed by atoms with Crippen molar-refractivity contribution in [3.63, 3.8) is 0 Å². The number of fused-ring (bicyclic) bond motifs is 3. The third kappa shape index (κ3) is 2.35. The lowest BCUT2D eigenvalue weighted by atomic mass is 10.0. The van der Waals surface area contributed by atoms with Crippen LogP contribution in [-0.2, 0) is 13.0 Å². The van der Waals surface area contributed by atoms with Crippen LogP contribution in [-0.4, -0.2) is 27.3 Å². The molecule has 0 saturated carbocycles. The Morgan fingerprint density at radius 1 is 1.26 bits per heavy atom. The first-order valence-electron chi connectivity index (χ1n) is 7.50. The van der Waals surface area contributed by atoms with Gasteiger partial charge in [0.1, 0.15) is 17.0 Å². The summed E-state index contributed by atoms with van der Waals surface area (Å²) in [7, 11) is 0. The van der Waals surface area contributed by atoms with E-state index in [4.69, 9.17) is 5.73 Å². The van der Waals surface area contributed by atoms with Crippen LogP contribution in [0.5, 0.6) is 0 Å². The van der Waals surface area contributed by atoms with Crippen LogP contribution in [0, 0.1) is 6.92 Å². The van der Waals surface area contributed by atoms with Crippen LogP contribution in [0.2, 0.25) is 0 Å². The zero-order chi connectivity index (χ0) is 16.0. The normalized spacial score (nSPS) is 14.0. The average Bonchev–Trinajstić information content (AvgIpc) is 2.93. The molecule has 4 rings (SSSR count). The number of aryl methyl sites for hydroxylation is 1. The highest BCUT2D eigenvalue weighted by Crippen LogP contribution is 2.36. The van der Waals surface area contributed by atoms with E-state index >= 15 is 0 Å². The summed E-state index contributed by atoms with van der Waals surface area (Å²) in [6.07, 6.45) is 2.29. The van der Waals surface area contributed by atoms with Gasteiger partial charge in [0.05, 0.1) is 11.9 Å². The second-order valence-corrected chi connectivity index (χ2v) is 6.87. The number of nitrogens with zero attached hydrogens (tertiary/aromatic N) is 3. The lowest BCUT2D eigenvalue weighted by Gasteiger charge is -2.27. The fourth-order valence-corrected chi connectivity index (χ4v) is 4.22. The number of carbonyl (C=O) groups is 1. The summed E-state index contributed by atoms with van der Waals surface area (Å²) in [5, 5.41) is 0.968. The molecule has 2 aromatic heterocycles. The van der Waals surface area contributed by atoms with E-state index in [1.165, 1.54) is 16.8 Å². The van der Waals surface area contributed by atoms with Crippen LogP contribution in [0.25, 0.3) is 10.2 Å². The standard InChI is InChI=1S/C17H16N4OS/c1-10-2-4-11(5-3-10)17(22)21-7-6-12-13(8-21)23-16-14(12)15(18)19-9-20-16/h2-5,9H,6-8H2,1H3,(H2,18,19,20). The molecule has 0 saturated heterocycles. The number of nitrogens with two attached hydrogens (primary N) is 1. The molecule has 116 valence electrons. The number of rotatable bonds is 1. The van der Waals surface area contributed by atoms with Gasteiger partial charge in [0, 0.05) is 17.0 Å². The van der Waals surface area contributed by atoms with Gasteiger partial charge in [-0.3, -0.25) is 4.79 Å². The third-order valence-electron chi connectivity index (χ3n) is 4.25. The fraction of sp³-hybridized carbons (Fsp3) is 0.235. The molecule has 0 atom stereocenters. The smallest absolute Gasteiger partial charge is 0.254 e. The van der Waals surface area contributed by atoms with Gasteiger partial charge in [0.2, 0.25) is 0 Å². The molecule has 23 heavy (non-hydrogen) atoms. The Morgan fingerprint density at radius 3 is 2.83 bits per heavy atom. The summed E-state index contributed by atoms with van der Waals surface area (Å²) >= 11 is 1.61. The van der Waals surface area contributed by atoms with Crippen molar-refractivity contribution in [1.82, 2.24) is 14.9 Å². The Labute approximate surface area is 137 Å². The Balaban J connectivity index is 1.66. The number of hydrogen-bond donors (Lipinski definition) is 1. The molecule has 6 heteroatoms. The highest BCUT2D eigenvalue weighted by atomic mass is 32.1. The van der Waals surface area contributed by atoms with E-state index in [2.05, 4.69) is 9.97 Å². The summed E-state index contributed by atoms with van der Waals surface area (Å²) in [5.41, 5.74) is 9.09. The number of benzene rings is 1. The molecule has 0 aliphatic carbocycles. The third-order valence-corrected chi connectivity index (χ3v) is 5.38. The minimum atomic E-state index is 0.0761. The molecule has 5 nitrogen and oxygen atoms in total. The minimum Gasteiger partial charge on any atom is -0.383 e. The lowest BCUT2D eigenvalue weighted by molar-refractivity contribution is 0.0737. The van der Waals surface area contributed by atoms with Crippen LogP contribution < -0.4 is 5.73 Å². The zero-order valence-corrected chi connectivity index (χ0v) is 13.6. The number of thiophene rings is 1. The molecule has 1 aliphatic rings. The maximum absolute atomic E-state index is 12.7. The van der Waals surface area contributed by atoms with Gasteiger partial charge in [-0.15, -0.1) is 11.3 Å². The first-order valence-corrected chi connectivity index (χ1v) is 8.32. The molecule has 1 aliphatic heterocycles. The molecule has 2 N–H and O–H groups in total. The van der Waals surface area contributed by atoms with Gasteiger partial charge in [-0.1, -0.05) is 17.7 Å². The van der Waals surface area contributed by atoms with E-state index in [-0.39, 0.29) is 5.91 Å². The fourth-order valence-electron chi connectivity index (χ4n) is 3.00. The van der Waals surface area contributed by atoms with Crippen molar-refractivity contribution in [2.24, 2.45) is 0 Å². The van der Waals surface area contributed by atoms with Gasteiger partial charge in [0.25, 0.3) is 5.91 Å². The van der Waals surface area contributed by atoms with E-state index in [1.54, 1.807) is 11.3 Å². The second-order valence-electron chi connectivity index (χ2n) is 5.79. The van der Waals surface area contributed by atoms with E-state index in [0.29, 0.717) is 18.9 Å². The maximum Gasteiger partial charge on any atom is 0.254 e. The van der Waals surface area contributed by atoms with Crippen molar-refractivity contribution in [2.45, 2.75) is 19.9 Å². The van der Waals surface area contributed by atoms with Gasteiger partial charge < -0.3 is 10.6 Å². The van der Waals surface area contributed by atoms with Crippen molar-refractivity contribution >= 4 is 33.3 Å². The lowest BCUT2D eigenvalue weighted by Crippen LogP contribution is -2.35. The first kappa shape index (κ1) is 14.1. The molecular formula is C17H16N4OS. The summed E-state index contributed by atoms with van der Waals surface area (Å²) < 4.78 is 0. The largest absolute Gasteiger partial charge is 0.383 e. The Morgan fingerprint density at radius 2 is 2.04 bits per heavy atom. The Bertz CT molecular complexity index is 901. The van der Waals surface area contributed by atoms with Crippen molar-refractivity contribution < 1.29 is 4.79 Å². The predicted octanol–water partition coefficient (Wildman–Crippen LogP) is 2.78. The van der Waals surface area contributed by atoms with Gasteiger partial charge in [-0.2, -0.15) is 0 Å². The quantitative estimate of drug-likeness (QED) is 0.747. The van der Waals surface area contributed by atoms with Gasteiger partial charge in [-0.05, 0) is 31.0 Å². The van der Waals surface area contributed by atoms with Crippen molar-refractivity contribution in [1.29, 1.82) is 0 Å². The summed E-state index contributed by atoms with van der Waals surface area (Å²) in [6, 6.07) is 7.72. The van der Waals surface area contributed by atoms with Crippen molar-refractivity contribution in [3.05, 3.63) is 52.2 Å².